The van der Waals surface area contributed by atoms with Crippen molar-refractivity contribution in [3.05, 3.63) is 33.9 Å². The molecule has 0 radical (unpaired) electrons. The molecule has 0 atom stereocenters. The number of nitro benzene ring substituents is 1. The summed E-state index contributed by atoms with van der Waals surface area (Å²) in [6.45, 7) is 1.37. The zero-order chi connectivity index (χ0) is 19.7. The monoisotopic (exact) mass is 367 g/mol. The van der Waals surface area contributed by atoms with E-state index in [0.29, 0.717) is 13.0 Å². The Morgan fingerprint density at radius 3 is 2.38 bits per heavy atom. The Balaban J connectivity index is 2.99. The largest absolute Gasteiger partial charge is 0.490 e. The minimum absolute atomic E-state index is 0.0580. The molecule has 0 bridgehead atoms. The second-order valence-corrected chi connectivity index (χ2v) is 5.92. The molecule has 144 valence electrons. The van der Waals surface area contributed by atoms with Crippen molar-refractivity contribution in [1.29, 1.82) is 0 Å². The maximum atomic E-state index is 12.8. The molecule has 0 saturated heterocycles. The van der Waals surface area contributed by atoms with Crippen LogP contribution in [-0.2, 0) is 9.53 Å². The van der Waals surface area contributed by atoms with Crippen LogP contribution in [0, 0.1) is 10.1 Å². The zero-order valence-electron chi connectivity index (χ0n) is 15.6. The van der Waals surface area contributed by atoms with Gasteiger partial charge in [0.05, 0.1) is 25.6 Å². The third kappa shape index (κ3) is 6.32. The summed E-state index contributed by atoms with van der Waals surface area (Å²) in [4.78, 5) is 38.3. The van der Waals surface area contributed by atoms with E-state index in [0.717, 1.165) is 6.54 Å². The highest BCUT2D eigenvalue weighted by atomic mass is 16.6. The van der Waals surface area contributed by atoms with Crippen molar-refractivity contribution < 1.29 is 24.0 Å². The molecule has 1 amide bonds. The van der Waals surface area contributed by atoms with Crippen LogP contribution in [0.25, 0.3) is 0 Å². The van der Waals surface area contributed by atoms with E-state index in [1.807, 2.05) is 19.0 Å². The highest BCUT2D eigenvalue weighted by Crippen LogP contribution is 2.28. The van der Waals surface area contributed by atoms with Gasteiger partial charge in [0.1, 0.15) is 0 Å². The van der Waals surface area contributed by atoms with E-state index in [-0.39, 0.29) is 35.9 Å². The lowest BCUT2D eigenvalue weighted by Crippen LogP contribution is -2.35. The fourth-order valence-electron chi connectivity index (χ4n) is 2.37. The molecule has 9 nitrogen and oxygen atoms in total. The molecule has 1 rings (SSSR count). The number of ether oxygens (including phenoxy) is 2. The van der Waals surface area contributed by atoms with E-state index >= 15 is 0 Å². The fourth-order valence-corrected chi connectivity index (χ4v) is 2.37. The van der Waals surface area contributed by atoms with Crippen molar-refractivity contribution >= 4 is 17.6 Å². The molecule has 0 spiro atoms. The zero-order valence-corrected chi connectivity index (χ0v) is 15.6. The summed E-state index contributed by atoms with van der Waals surface area (Å²) < 4.78 is 9.57. The SMILES string of the molecule is COC(=O)CCN(CCCN(C)C)C(=O)c1ccc(OC)c([N+](=O)[O-])c1. The molecule has 0 unspecified atom stereocenters. The molecule has 0 aliphatic heterocycles. The number of benzene rings is 1. The third-order valence-corrected chi connectivity index (χ3v) is 3.76. The molecule has 1 aromatic rings. The van der Waals surface area contributed by atoms with Gasteiger partial charge in [0, 0.05) is 24.7 Å². The van der Waals surface area contributed by atoms with Gasteiger partial charge < -0.3 is 19.3 Å². The van der Waals surface area contributed by atoms with E-state index in [4.69, 9.17) is 4.74 Å². The molecule has 0 N–H and O–H groups in total. The maximum absolute atomic E-state index is 12.8. The number of hydrogen-bond acceptors (Lipinski definition) is 7. The first kappa shape index (κ1) is 21.4. The molecular weight excluding hydrogens is 342 g/mol. The van der Waals surface area contributed by atoms with Crippen molar-refractivity contribution in [2.45, 2.75) is 12.8 Å². The van der Waals surface area contributed by atoms with Crippen LogP contribution in [0.15, 0.2) is 18.2 Å². The highest BCUT2D eigenvalue weighted by molar-refractivity contribution is 5.95. The van der Waals surface area contributed by atoms with Gasteiger partial charge in [-0.3, -0.25) is 19.7 Å². The van der Waals surface area contributed by atoms with Gasteiger partial charge in [0.25, 0.3) is 5.91 Å². The summed E-state index contributed by atoms with van der Waals surface area (Å²) in [5.41, 5.74) is -0.105. The predicted octanol–water partition coefficient (Wildman–Crippen LogP) is 1.56. The lowest BCUT2D eigenvalue weighted by Gasteiger charge is -2.23. The van der Waals surface area contributed by atoms with Gasteiger partial charge in [-0.15, -0.1) is 0 Å². The molecule has 1 aromatic carbocycles. The van der Waals surface area contributed by atoms with Crippen molar-refractivity contribution in [2.75, 3.05) is 47.9 Å². The summed E-state index contributed by atoms with van der Waals surface area (Å²) in [6.07, 6.45) is 0.764. The Morgan fingerprint density at radius 1 is 1.15 bits per heavy atom. The van der Waals surface area contributed by atoms with Crippen molar-refractivity contribution in [3.63, 3.8) is 0 Å². The number of carbonyl (C=O) groups excluding carboxylic acids is 2. The average molecular weight is 367 g/mol. The van der Waals surface area contributed by atoms with E-state index < -0.39 is 10.9 Å². The van der Waals surface area contributed by atoms with Gasteiger partial charge in [-0.2, -0.15) is 0 Å². The van der Waals surface area contributed by atoms with Gasteiger partial charge >= 0.3 is 11.7 Å². The Hall–Kier alpha value is -2.68. The number of methoxy groups -OCH3 is 2. The summed E-state index contributed by atoms with van der Waals surface area (Å²) in [5.74, 6) is -0.713. The van der Waals surface area contributed by atoms with Crippen LogP contribution in [0.4, 0.5) is 5.69 Å². The quantitative estimate of drug-likeness (QED) is 0.351. The molecule has 0 aliphatic carbocycles. The van der Waals surface area contributed by atoms with Gasteiger partial charge in [0.15, 0.2) is 5.75 Å². The van der Waals surface area contributed by atoms with Crippen molar-refractivity contribution in [3.8, 4) is 5.75 Å². The minimum atomic E-state index is -0.597. The van der Waals surface area contributed by atoms with E-state index in [1.165, 1.54) is 37.3 Å². The van der Waals surface area contributed by atoms with Gasteiger partial charge in [-0.25, -0.2) is 0 Å². The number of rotatable bonds is 10. The summed E-state index contributed by atoms with van der Waals surface area (Å²) in [7, 11) is 6.46. The second kappa shape index (κ2) is 10.3. The molecule has 26 heavy (non-hydrogen) atoms. The van der Waals surface area contributed by atoms with E-state index in [9.17, 15) is 19.7 Å². The van der Waals surface area contributed by atoms with Crippen LogP contribution in [0.3, 0.4) is 0 Å². The first-order valence-electron chi connectivity index (χ1n) is 8.13. The number of nitrogens with zero attached hydrogens (tertiary/aromatic N) is 3. The molecule has 0 saturated carbocycles. The molecule has 9 heteroatoms. The summed E-state index contributed by atoms with van der Waals surface area (Å²) >= 11 is 0. The first-order chi connectivity index (χ1) is 12.3. The fraction of sp³-hybridized carbons (Fsp3) is 0.529. The van der Waals surface area contributed by atoms with Crippen LogP contribution in [0.1, 0.15) is 23.2 Å². The Kier molecular flexibility index (Phi) is 8.50. The van der Waals surface area contributed by atoms with E-state index in [2.05, 4.69) is 4.74 Å². The number of esters is 1. The maximum Gasteiger partial charge on any atom is 0.311 e. The molecule has 0 aliphatic rings. The number of nitro groups is 1. The average Bonchev–Trinajstić information content (AvgIpc) is 2.62. The second-order valence-electron chi connectivity index (χ2n) is 5.92. The van der Waals surface area contributed by atoms with Crippen molar-refractivity contribution in [2.24, 2.45) is 0 Å². The smallest absolute Gasteiger partial charge is 0.311 e. The van der Waals surface area contributed by atoms with Gasteiger partial charge in [-0.05, 0) is 39.2 Å². The third-order valence-electron chi connectivity index (χ3n) is 3.76. The van der Waals surface area contributed by atoms with Crippen LogP contribution in [-0.4, -0.2) is 74.5 Å². The van der Waals surface area contributed by atoms with Gasteiger partial charge in [0.2, 0.25) is 0 Å². The molecule has 0 fully saturated rings. The Labute approximate surface area is 152 Å². The molecular formula is C17H25N3O6. The van der Waals surface area contributed by atoms with Crippen LogP contribution >= 0.6 is 0 Å². The lowest BCUT2D eigenvalue weighted by atomic mass is 10.1. The summed E-state index contributed by atoms with van der Waals surface area (Å²) in [6, 6.07) is 4.06. The number of hydrogen-bond donors (Lipinski definition) is 0. The van der Waals surface area contributed by atoms with Crippen LogP contribution in [0.5, 0.6) is 5.75 Å². The van der Waals surface area contributed by atoms with Crippen molar-refractivity contribution in [1.82, 2.24) is 9.80 Å². The Morgan fingerprint density at radius 2 is 1.85 bits per heavy atom. The lowest BCUT2D eigenvalue weighted by molar-refractivity contribution is -0.385. The van der Waals surface area contributed by atoms with E-state index in [1.54, 1.807) is 0 Å². The van der Waals surface area contributed by atoms with Crippen LogP contribution < -0.4 is 4.74 Å². The molecule has 0 heterocycles. The van der Waals surface area contributed by atoms with Gasteiger partial charge in [-0.1, -0.05) is 0 Å². The highest BCUT2D eigenvalue weighted by Gasteiger charge is 2.22. The normalized spacial score (nSPS) is 10.5. The Bertz CT molecular complexity index is 647. The summed E-state index contributed by atoms with van der Waals surface area (Å²) in [5, 5.41) is 11.2. The molecule has 0 aromatic heterocycles. The minimum Gasteiger partial charge on any atom is -0.490 e. The topological polar surface area (TPSA) is 102 Å². The predicted molar refractivity (Wildman–Crippen MR) is 95.4 cm³/mol. The first-order valence-corrected chi connectivity index (χ1v) is 8.13. The van der Waals surface area contributed by atoms with Crippen LogP contribution in [0.2, 0.25) is 0 Å². The number of amides is 1. The number of carbonyl (C=O) groups is 2. The standard InChI is InChI=1S/C17H25N3O6/c1-18(2)9-5-10-19(11-8-16(21)26-4)17(22)13-6-7-15(25-3)14(12-13)20(23)24/h6-7,12H,5,8-11H2,1-4H3.